The van der Waals surface area contributed by atoms with Gasteiger partial charge < -0.3 is 0 Å². The van der Waals surface area contributed by atoms with Crippen molar-refractivity contribution in [2.24, 2.45) is 20.0 Å². The summed E-state index contributed by atoms with van der Waals surface area (Å²) >= 11 is 47.3. The Hall–Kier alpha value is 0.280. The highest BCUT2D eigenvalue weighted by Gasteiger charge is 2.42. The smallest absolute Gasteiger partial charge is 0.243 e. The summed E-state index contributed by atoms with van der Waals surface area (Å²) in [5.74, 6) is 0.0811. The first kappa shape index (κ1) is 18.1. The van der Waals surface area contributed by atoms with Gasteiger partial charge in [0, 0.05) is 0 Å². The van der Waals surface area contributed by atoms with Crippen LogP contribution in [0.25, 0.3) is 0 Å². The Balaban J connectivity index is 2.26. The second kappa shape index (κ2) is 5.92. The fourth-order valence-electron chi connectivity index (χ4n) is 1.77. The first-order chi connectivity index (χ1) is 10.5. The van der Waals surface area contributed by atoms with Crippen LogP contribution >= 0.6 is 92.8 Å². The van der Waals surface area contributed by atoms with Crippen molar-refractivity contribution in [3.8, 4) is 0 Å². The number of aliphatic imine (C=N–C) groups is 4. The molecule has 0 saturated heterocycles. The van der Waals surface area contributed by atoms with Crippen molar-refractivity contribution in [2.45, 2.75) is 7.59 Å². The molecule has 0 aromatic rings. The molecular weight excluding hydrogens is 474 g/mol. The van der Waals surface area contributed by atoms with Crippen molar-refractivity contribution in [3.05, 3.63) is 22.0 Å². The molecular formula is C10HCl8N5. The van der Waals surface area contributed by atoms with Gasteiger partial charge in [0.2, 0.25) is 13.5 Å². The molecule has 0 amide bonds. The number of guanidine groups is 1. The summed E-state index contributed by atoms with van der Waals surface area (Å²) in [6.45, 7) is 0. The van der Waals surface area contributed by atoms with Gasteiger partial charge in [-0.05, 0) is 6.08 Å². The number of amidine groups is 3. The molecule has 0 aliphatic carbocycles. The van der Waals surface area contributed by atoms with E-state index in [1.165, 1.54) is 11.0 Å². The van der Waals surface area contributed by atoms with Crippen LogP contribution in [0.4, 0.5) is 0 Å². The number of halogens is 8. The topological polar surface area (TPSA) is 52.7 Å². The quantitative estimate of drug-likeness (QED) is 0.448. The summed E-state index contributed by atoms with van der Waals surface area (Å²) in [4.78, 5) is 17.7. The molecule has 0 N–H and O–H groups in total. The lowest BCUT2D eigenvalue weighted by molar-refractivity contribution is 0.703. The molecule has 3 rings (SSSR count). The summed E-state index contributed by atoms with van der Waals surface area (Å²) in [7, 11) is 0. The van der Waals surface area contributed by atoms with Gasteiger partial charge in [-0.2, -0.15) is 9.98 Å². The van der Waals surface area contributed by atoms with E-state index in [4.69, 9.17) is 92.8 Å². The predicted octanol–water partition coefficient (Wildman–Crippen LogP) is 5.15. The summed E-state index contributed by atoms with van der Waals surface area (Å²) < 4.78 is -3.81. The molecule has 3 aliphatic rings. The van der Waals surface area contributed by atoms with E-state index in [9.17, 15) is 0 Å². The molecule has 0 unspecified atom stereocenters. The van der Waals surface area contributed by atoms with Gasteiger partial charge in [0.15, 0.2) is 23.3 Å². The highest BCUT2D eigenvalue weighted by atomic mass is 35.6. The Morgan fingerprint density at radius 1 is 0.783 bits per heavy atom. The van der Waals surface area contributed by atoms with Gasteiger partial charge in [-0.15, -0.1) is 0 Å². The molecule has 0 aromatic carbocycles. The lowest BCUT2D eigenvalue weighted by Crippen LogP contribution is -2.45. The van der Waals surface area contributed by atoms with E-state index in [1.807, 2.05) is 0 Å². The predicted molar refractivity (Wildman–Crippen MR) is 99.0 cm³/mol. The zero-order chi connectivity index (χ0) is 17.2. The molecule has 0 bridgehead atoms. The van der Waals surface area contributed by atoms with Crippen LogP contribution in [-0.4, -0.2) is 36.0 Å². The Morgan fingerprint density at radius 3 is 1.91 bits per heavy atom. The van der Waals surface area contributed by atoms with Gasteiger partial charge in [0.05, 0.1) is 10.1 Å². The fraction of sp³-hybridized carbons (Fsp3) is 0.200. The minimum absolute atomic E-state index is 0.00653. The third-order valence-electron chi connectivity index (χ3n) is 2.65. The van der Waals surface area contributed by atoms with Gasteiger partial charge in [0.25, 0.3) is 0 Å². The van der Waals surface area contributed by atoms with Crippen LogP contribution in [0.2, 0.25) is 0 Å². The van der Waals surface area contributed by atoms with Gasteiger partial charge in [-0.3, -0.25) is 0 Å². The average Bonchev–Trinajstić information content (AvgIpc) is 2.41. The van der Waals surface area contributed by atoms with E-state index in [0.717, 1.165) is 0 Å². The van der Waals surface area contributed by atoms with Crippen LogP contribution in [0.15, 0.2) is 41.9 Å². The summed E-state index contributed by atoms with van der Waals surface area (Å²) in [5, 5.41) is 0.362. The fourth-order valence-corrected chi connectivity index (χ4v) is 2.80. The van der Waals surface area contributed by atoms with Crippen LogP contribution < -0.4 is 0 Å². The largest absolute Gasteiger partial charge is 0.250 e. The molecule has 122 valence electrons. The van der Waals surface area contributed by atoms with Crippen LogP contribution in [-0.2, 0) is 0 Å². The minimum atomic E-state index is -1.90. The van der Waals surface area contributed by atoms with E-state index in [1.54, 1.807) is 0 Å². The van der Waals surface area contributed by atoms with Crippen molar-refractivity contribution in [1.82, 2.24) is 4.90 Å². The highest BCUT2D eigenvalue weighted by Crippen LogP contribution is 2.39. The molecule has 0 spiro atoms. The van der Waals surface area contributed by atoms with Crippen molar-refractivity contribution >= 4 is 116 Å². The standard InChI is InChI=1S/C10HCl8N5/c11-2-1-3(12)5-20-7(10(16,17)18)22-8-21-6(9(13,14)15)19-4(2)23(5)8/h1H. The van der Waals surface area contributed by atoms with E-state index in [0.29, 0.717) is 0 Å². The molecule has 0 aromatic heterocycles. The van der Waals surface area contributed by atoms with Crippen molar-refractivity contribution in [2.75, 3.05) is 0 Å². The number of hydrogen-bond acceptors (Lipinski definition) is 5. The third kappa shape index (κ3) is 3.35. The third-order valence-corrected chi connectivity index (χ3v) is 4.22. The molecule has 0 fully saturated rings. The van der Waals surface area contributed by atoms with E-state index in [-0.39, 0.29) is 39.4 Å². The lowest BCUT2D eigenvalue weighted by atomic mass is 10.2. The first-order valence-corrected chi connectivity index (χ1v) is 8.57. The van der Waals surface area contributed by atoms with Crippen molar-refractivity contribution in [3.63, 3.8) is 0 Å². The van der Waals surface area contributed by atoms with Crippen LogP contribution in [0.3, 0.4) is 0 Å². The molecule has 13 heteroatoms. The summed E-state index contributed by atoms with van der Waals surface area (Å²) in [6, 6.07) is 0. The molecule has 23 heavy (non-hydrogen) atoms. The monoisotopic (exact) mass is 471 g/mol. The van der Waals surface area contributed by atoms with Crippen LogP contribution in [0.1, 0.15) is 0 Å². The van der Waals surface area contributed by atoms with Gasteiger partial charge in [-0.1, -0.05) is 92.8 Å². The summed E-state index contributed by atoms with van der Waals surface area (Å²) in [5.41, 5.74) is 0. The molecule has 5 nitrogen and oxygen atoms in total. The maximum absolute atomic E-state index is 6.14. The van der Waals surface area contributed by atoms with Crippen LogP contribution in [0, 0.1) is 0 Å². The maximum Gasteiger partial charge on any atom is 0.250 e. The minimum Gasteiger partial charge on any atom is -0.243 e. The number of hydrogen-bond donors (Lipinski definition) is 0. The van der Waals surface area contributed by atoms with Gasteiger partial charge in [0.1, 0.15) is 0 Å². The average molecular weight is 475 g/mol. The SMILES string of the molecule is ClC1=CC(Cl)=C2N=C(C(Cl)(Cl)Cl)N=C3N=C(C(Cl)(Cl)Cl)N=C1N32. The van der Waals surface area contributed by atoms with E-state index >= 15 is 0 Å². The first-order valence-electron chi connectivity index (χ1n) is 5.55. The van der Waals surface area contributed by atoms with Crippen molar-refractivity contribution < 1.29 is 0 Å². The van der Waals surface area contributed by atoms with Crippen molar-refractivity contribution in [1.29, 1.82) is 0 Å². The Kier molecular flexibility index (Phi) is 4.65. The number of nitrogens with zero attached hydrogens (tertiary/aromatic N) is 5. The molecule has 0 radical (unpaired) electrons. The van der Waals surface area contributed by atoms with Gasteiger partial charge in [-0.25, -0.2) is 14.9 Å². The van der Waals surface area contributed by atoms with E-state index in [2.05, 4.69) is 20.0 Å². The lowest BCUT2D eigenvalue weighted by Gasteiger charge is -2.34. The second-order valence-electron chi connectivity index (χ2n) is 4.21. The zero-order valence-corrected chi connectivity index (χ0v) is 16.4. The Morgan fingerprint density at radius 2 is 1.35 bits per heavy atom. The molecule has 3 aliphatic heterocycles. The number of alkyl halides is 6. The van der Waals surface area contributed by atoms with Crippen LogP contribution in [0.5, 0.6) is 0 Å². The Labute approximate surface area is 169 Å². The Bertz CT molecular complexity index is 776. The molecule has 0 atom stereocenters. The molecule has 0 saturated carbocycles. The second-order valence-corrected chi connectivity index (χ2v) is 9.59. The van der Waals surface area contributed by atoms with E-state index < -0.39 is 7.59 Å². The number of allylic oxidation sites excluding steroid dienone is 2. The van der Waals surface area contributed by atoms with Gasteiger partial charge >= 0.3 is 0 Å². The number of rotatable bonds is 0. The highest BCUT2D eigenvalue weighted by molar-refractivity contribution is 6.78. The zero-order valence-electron chi connectivity index (χ0n) is 10.3. The maximum atomic E-state index is 6.14. The molecule has 3 heterocycles. The summed E-state index contributed by atoms with van der Waals surface area (Å²) in [6.07, 6.45) is 1.41. The normalized spacial score (nSPS) is 21.2.